The Hall–Kier alpha value is -2.49. The van der Waals surface area contributed by atoms with Crippen LogP contribution in [0, 0.1) is 20.8 Å². The Morgan fingerprint density at radius 2 is 1.70 bits per heavy atom. The normalized spacial score (nSPS) is 10.3. The molecule has 0 unspecified atom stereocenters. The topological polar surface area (TPSA) is 72.5 Å². The molecule has 0 aliphatic heterocycles. The van der Waals surface area contributed by atoms with Gasteiger partial charge in [-0.2, -0.15) is 0 Å². The number of carboxylic acids is 1. The van der Waals surface area contributed by atoms with Gasteiger partial charge in [-0.1, -0.05) is 17.7 Å². The molecule has 0 aliphatic carbocycles. The number of aryl methyl sites for hydroxylation is 3. The molecule has 3 N–H and O–H groups in total. The van der Waals surface area contributed by atoms with Gasteiger partial charge >= 0.3 is 5.97 Å². The fourth-order valence-electron chi connectivity index (χ4n) is 2.21. The molecule has 20 heavy (non-hydrogen) atoms. The Kier molecular flexibility index (Phi) is 3.66. The van der Waals surface area contributed by atoms with E-state index in [-0.39, 0.29) is 5.56 Å². The molecule has 0 aliphatic rings. The van der Waals surface area contributed by atoms with Crippen LogP contribution in [0.4, 0.5) is 5.69 Å². The maximum absolute atomic E-state index is 10.9. The maximum atomic E-state index is 10.9. The van der Waals surface area contributed by atoms with Crippen LogP contribution in [0.25, 0.3) is 0 Å². The second-order valence-electron chi connectivity index (χ2n) is 4.89. The van der Waals surface area contributed by atoms with Gasteiger partial charge in [0.2, 0.25) is 0 Å². The van der Waals surface area contributed by atoms with E-state index in [2.05, 4.69) is 0 Å². The minimum absolute atomic E-state index is 0.146. The molecule has 4 nitrogen and oxygen atoms in total. The van der Waals surface area contributed by atoms with Crippen molar-refractivity contribution < 1.29 is 14.6 Å². The summed E-state index contributed by atoms with van der Waals surface area (Å²) >= 11 is 0. The largest absolute Gasteiger partial charge is 0.478 e. The molecule has 0 bridgehead atoms. The van der Waals surface area contributed by atoms with Crippen molar-refractivity contribution in [1.82, 2.24) is 0 Å². The highest BCUT2D eigenvalue weighted by Gasteiger charge is 2.11. The van der Waals surface area contributed by atoms with Crippen LogP contribution >= 0.6 is 0 Å². The van der Waals surface area contributed by atoms with E-state index in [1.165, 1.54) is 17.7 Å². The first-order chi connectivity index (χ1) is 9.38. The first kappa shape index (κ1) is 13.9. The second kappa shape index (κ2) is 5.25. The van der Waals surface area contributed by atoms with Crippen LogP contribution in [-0.2, 0) is 0 Å². The van der Waals surface area contributed by atoms with E-state index in [1.54, 1.807) is 6.07 Å². The fourth-order valence-corrected chi connectivity index (χ4v) is 2.21. The van der Waals surface area contributed by atoms with Crippen LogP contribution in [0.2, 0.25) is 0 Å². The van der Waals surface area contributed by atoms with Gasteiger partial charge in [0.25, 0.3) is 0 Å². The number of nitrogen functional groups attached to an aromatic ring is 1. The Labute approximate surface area is 117 Å². The fraction of sp³-hybridized carbons (Fsp3) is 0.188. The lowest BCUT2D eigenvalue weighted by atomic mass is 10.1. The molecule has 2 rings (SSSR count). The second-order valence-corrected chi connectivity index (χ2v) is 4.89. The van der Waals surface area contributed by atoms with Crippen molar-refractivity contribution in [3.05, 3.63) is 52.6 Å². The van der Waals surface area contributed by atoms with Crippen LogP contribution in [0.5, 0.6) is 11.5 Å². The van der Waals surface area contributed by atoms with Crippen molar-refractivity contribution in [1.29, 1.82) is 0 Å². The molecular weight excluding hydrogens is 254 g/mol. The van der Waals surface area contributed by atoms with Crippen molar-refractivity contribution in [3.8, 4) is 11.5 Å². The SMILES string of the molecule is Cc1cc(C)c(Oc2ccc(C(=O)O)cc2N)c(C)c1. The van der Waals surface area contributed by atoms with Gasteiger partial charge in [0.1, 0.15) is 11.5 Å². The third kappa shape index (κ3) is 2.74. The zero-order chi connectivity index (χ0) is 14.9. The lowest BCUT2D eigenvalue weighted by Crippen LogP contribution is -2.00. The Bertz CT molecular complexity index is 654. The molecule has 104 valence electrons. The van der Waals surface area contributed by atoms with Crippen LogP contribution in [-0.4, -0.2) is 11.1 Å². The number of hydrogen-bond acceptors (Lipinski definition) is 3. The first-order valence-corrected chi connectivity index (χ1v) is 6.27. The van der Waals surface area contributed by atoms with Crippen molar-refractivity contribution in [2.45, 2.75) is 20.8 Å². The first-order valence-electron chi connectivity index (χ1n) is 6.27. The van der Waals surface area contributed by atoms with E-state index in [4.69, 9.17) is 15.6 Å². The molecule has 0 atom stereocenters. The van der Waals surface area contributed by atoms with E-state index >= 15 is 0 Å². The molecule has 2 aromatic carbocycles. The van der Waals surface area contributed by atoms with Crippen molar-refractivity contribution in [2.24, 2.45) is 0 Å². The number of ether oxygens (including phenoxy) is 1. The van der Waals surface area contributed by atoms with Gasteiger partial charge in [-0.15, -0.1) is 0 Å². The lowest BCUT2D eigenvalue weighted by molar-refractivity contribution is 0.0697. The molecule has 2 aromatic rings. The summed E-state index contributed by atoms with van der Waals surface area (Å²) in [4.78, 5) is 10.9. The third-order valence-electron chi connectivity index (χ3n) is 3.07. The molecule has 0 fully saturated rings. The van der Waals surface area contributed by atoms with Gasteiger partial charge < -0.3 is 15.6 Å². The van der Waals surface area contributed by atoms with Gasteiger partial charge in [0, 0.05) is 0 Å². The van der Waals surface area contributed by atoms with Gasteiger partial charge in [-0.3, -0.25) is 0 Å². The summed E-state index contributed by atoms with van der Waals surface area (Å²) in [7, 11) is 0. The summed E-state index contributed by atoms with van der Waals surface area (Å²) in [5.74, 6) is 0.210. The van der Waals surface area contributed by atoms with Gasteiger partial charge in [0.05, 0.1) is 11.3 Å². The summed E-state index contributed by atoms with van der Waals surface area (Å²) < 4.78 is 5.84. The quantitative estimate of drug-likeness (QED) is 0.835. The average molecular weight is 271 g/mol. The van der Waals surface area contributed by atoms with E-state index < -0.39 is 5.97 Å². The molecule has 0 heterocycles. The predicted molar refractivity (Wildman–Crippen MR) is 78.5 cm³/mol. The number of rotatable bonds is 3. The Balaban J connectivity index is 2.38. The average Bonchev–Trinajstić information content (AvgIpc) is 2.34. The number of aromatic carboxylic acids is 1. The van der Waals surface area contributed by atoms with Gasteiger partial charge in [-0.05, 0) is 50.1 Å². The minimum Gasteiger partial charge on any atom is -0.478 e. The monoisotopic (exact) mass is 271 g/mol. The number of nitrogens with two attached hydrogens (primary N) is 1. The van der Waals surface area contributed by atoms with Crippen LogP contribution < -0.4 is 10.5 Å². The lowest BCUT2D eigenvalue weighted by Gasteiger charge is -2.14. The summed E-state index contributed by atoms with van der Waals surface area (Å²) in [5.41, 5.74) is 9.51. The smallest absolute Gasteiger partial charge is 0.335 e. The summed E-state index contributed by atoms with van der Waals surface area (Å²) in [5, 5.41) is 8.91. The van der Waals surface area contributed by atoms with Gasteiger partial charge in [0.15, 0.2) is 0 Å². The molecule has 4 heteroatoms. The molecular formula is C16H17NO3. The third-order valence-corrected chi connectivity index (χ3v) is 3.07. The van der Waals surface area contributed by atoms with Gasteiger partial charge in [-0.25, -0.2) is 4.79 Å². The zero-order valence-electron chi connectivity index (χ0n) is 11.7. The standard InChI is InChI=1S/C16H17NO3/c1-9-6-10(2)15(11(3)7-9)20-14-5-4-12(16(18)19)8-13(14)17/h4-8H,17H2,1-3H3,(H,18,19). The van der Waals surface area contributed by atoms with Crippen LogP contribution in [0.1, 0.15) is 27.0 Å². The number of anilines is 1. The van der Waals surface area contributed by atoms with Crippen LogP contribution in [0.15, 0.2) is 30.3 Å². The summed E-state index contributed by atoms with van der Waals surface area (Å²) in [6.45, 7) is 5.97. The molecule has 0 saturated heterocycles. The number of benzene rings is 2. The molecule has 0 aromatic heterocycles. The van der Waals surface area contributed by atoms with Crippen LogP contribution in [0.3, 0.4) is 0 Å². The highest BCUT2D eigenvalue weighted by Crippen LogP contribution is 2.33. The van der Waals surface area contributed by atoms with E-state index in [1.807, 2.05) is 32.9 Å². The Morgan fingerprint density at radius 3 is 2.20 bits per heavy atom. The minimum atomic E-state index is -1.01. The number of hydrogen-bond donors (Lipinski definition) is 2. The van der Waals surface area contributed by atoms with Crippen molar-refractivity contribution >= 4 is 11.7 Å². The summed E-state index contributed by atoms with van der Waals surface area (Å²) in [6.07, 6.45) is 0. The van der Waals surface area contributed by atoms with Crippen molar-refractivity contribution in [3.63, 3.8) is 0 Å². The number of carbonyl (C=O) groups is 1. The van der Waals surface area contributed by atoms with Crippen molar-refractivity contribution in [2.75, 3.05) is 5.73 Å². The Morgan fingerprint density at radius 1 is 1.10 bits per heavy atom. The van der Waals surface area contributed by atoms with E-state index in [9.17, 15) is 4.79 Å². The number of carboxylic acid groups (broad SMARTS) is 1. The molecule has 0 saturated carbocycles. The van der Waals surface area contributed by atoms with E-state index in [0.717, 1.165) is 16.9 Å². The zero-order valence-corrected chi connectivity index (χ0v) is 11.7. The summed E-state index contributed by atoms with van der Waals surface area (Å²) in [6, 6.07) is 8.52. The molecule has 0 amide bonds. The van der Waals surface area contributed by atoms with E-state index in [0.29, 0.717) is 11.4 Å². The molecule has 0 radical (unpaired) electrons. The highest BCUT2D eigenvalue weighted by atomic mass is 16.5. The molecule has 0 spiro atoms. The maximum Gasteiger partial charge on any atom is 0.335 e. The highest BCUT2D eigenvalue weighted by molar-refractivity contribution is 5.89. The predicted octanol–water partition coefficient (Wildman–Crippen LogP) is 3.68.